The molecule has 0 fully saturated rings. The average Bonchev–Trinajstić information content (AvgIpc) is 2.84. The molecular weight excluding hydrogens is 426 g/mol. The van der Waals surface area contributed by atoms with Crippen molar-refractivity contribution in [3.05, 3.63) is 87.7 Å². The molecule has 0 N–H and O–H groups in total. The van der Waals surface area contributed by atoms with Gasteiger partial charge in [0.05, 0.1) is 35.2 Å². The van der Waals surface area contributed by atoms with Crippen molar-refractivity contribution in [1.29, 1.82) is 0 Å². The van der Waals surface area contributed by atoms with E-state index in [0.717, 1.165) is 79.7 Å². The first-order chi connectivity index (χ1) is 17.1. The van der Waals surface area contributed by atoms with Crippen molar-refractivity contribution in [3.8, 4) is 0 Å². The second-order valence-electron chi connectivity index (χ2n) is 9.36. The minimum absolute atomic E-state index is 0.871. The third kappa shape index (κ3) is 7.45. The van der Waals surface area contributed by atoms with Crippen molar-refractivity contribution in [2.45, 2.75) is 86.0 Å². The third-order valence-corrected chi connectivity index (χ3v) is 6.14. The van der Waals surface area contributed by atoms with Gasteiger partial charge in [-0.1, -0.05) is 89.8 Å². The Balaban J connectivity index is 1.94. The summed E-state index contributed by atoms with van der Waals surface area (Å²) < 4.78 is 0. The summed E-state index contributed by atoms with van der Waals surface area (Å²) in [5, 5.41) is 0. The Kier molecular flexibility index (Phi) is 10.4. The largest absolute Gasteiger partial charge is 0.254 e. The first kappa shape index (κ1) is 26.5. The summed E-state index contributed by atoms with van der Waals surface area (Å²) in [5.41, 5.74) is 10.4. The molecule has 0 unspecified atom stereocenters. The number of aryl methyl sites for hydroxylation is 5. The fourth-order valence-corrected chi connectivity index (χ4v) is 4.62. The van der Waals surface area contributed by atoms with Crippen molar-refractivity contribution in [3.63, 3.8) is 0 Å². The van der Waals surface area contributed by atoms with Crippen molar-refractivity contribution >= 4 is 23.8 Å². The van der Waals surface area contributed by atoms with E-state index in [1.807, 2.05) is 12.4 Å². The Bertz CT molecular complexity index is 1020. The standard InChI is InChI=1S/C32H41N3/c1-6-12-25-16-10-17-26(13-7-2)31(25)33-22-29-20-24(5)21-30(35-29)23-34-32-27(14-8-3)18-11-19-28(32)15-9-4/h10-11,16-23H,6-9,12-15H2,1-5H3. The van der Waals surface area contributed by atoms with Gasteiger partial charge in [-0.15, -0.1) is 0 Å². The molecule has 0 aliphatic heterocycles. The molecule has 2 aromatic carbocycles. The lowest BCUT2D eigenvalue weighted by atomic mass is 10.0. The van der Waals surface area contributed by atoms with E-state index in [1.54, 1.807) is 0 Å². The van der Waals surface area contributed by atoms with Gasteiger partial charge < -0.3 is 0 Å². The van der Waals surface area contributed by atoms with Crippen LogP contribution >= 0.6 is 0 Å². The van der Waals surface area contributed by atoms with Gasteiger partial charge in [-0.05, 0) is 72.6 Å². The lowest BCUT2D eigenvalue weighted by Gasteiger charge is -2.11. The van der Waals surface area contributed by atoms with E-state index in [2.05, 4.69) is 83.1 Å². The van der Waals surface area contributed by atoms with Gasteiger partial charge in [-0.2, -0.15) is 0 Å². The van der Waals surface area contributed by atoms with Crippen LogP contribution in [0.4, 0.5) is 11.4 Å². The minimum Gasteiger partial charge on any atom is -0.254 e. The molecule has 1 aromatic heterocycles. The predicted octanol–water partition coefficient (Wildman–Crippen LogP) is 8.70. The highest BCUT2D eigenvalue weighted by Gasteiger charge is 2.08. The van der Waals surface area contributed by atoms with Crippen LogP contribution in [0.5, 0.6) is 0 Å². The highest BCUT2D eigenvalue weighted by molar-refractivity contribution is 5.85. The molecule has 0 aliphatic carbocycles. The molecule has 0 amide bonds. The van der Waals surface area contributed by atoms with E-state index in [9.17, 15) is 0 Å². The Hall–Kier alpha value is -3.07. The van der Waals surface area contributed by atoms with Crippen LogP contribution < -0.4 is 0 Å². The molecule has 0 saturated carbocycles. The highest BCUT2D eigenvalue weighted by atomic mass is 14.8. The van der Waals surface area contributed by atoms with Gasteiger partial charge in [-0.3, -0.25) is 9.98 Å². The van der Waals surface area contributed by atoms with Gasteiger partial charge in [0.15, 0.2) is 0 Å². The maximum Gasteiger partial charge on any atom is 0.0823 e. The fourth-order valence-electron chi connectivity index (χ4n) is 4.62. The maximum atomic E-state index is 4.96. The molecule has 3 rings (SSSR count). The number of aliphatic imine (C=N–C) groups is 2. The molecule has 0 saturated heterocycles. The normalized spacial score (nSPS) is 11.7. The zero-order chi connectivity index (χ0) is 25.0. The smallest absolute Gasteiger partial charge is 0.0823 e. The summed E-state index contributed by atoms with van der Waals surface area (Å²) in [6.07, 6.45) is 12.5. The zero-order valence-corrected chi connectivity index (χ0v) is 22.3. The molecule has 35 heavy (non-hydrogen) atoms. The number of hydrogen-bond donors (Lipinski definition) is 0. The molecule has 1 heterocycles. The van der Waals surface area contributed by atoms with Gasteiger partial charge in [0, 0.05) is 0 Å². The van der Waals surface area contributed by atoms with Gasteiger partial charge in [0.25, 0.3) is 0 Å². The van der Waals surface area contributed by atoms with Gasteiger partial charge in [0.2, 0.25) is 0 Å². The van der Waals surface area contributed by atoms with E-state index in [-0.39, 0.29) is 0 Å². The number of aromatic nitrogens is 1. The molecule has 3 aromatic rings. The first-order valence-corrected chi connectivity index (χ1v) is 13.4. The molecule has 0 aliphatic rings. The van der Waals surface area contributed by atoms with Crippen LogP contribution in [-0.4, -0.2) is 17.4 Å². The Labute approximate surface area is 212 Å². The number of nitrogens with zero attached hydrogens (tertiary/aromatic N) is 3. The van der Waals surface area contributed by atoms with Crippen LogP contribution in [0, 0.1) is 6.92 Å². The topological polar surface area (TPSA) is 37.6 Å². The molecule has 0 spiro atoms. The monoisotopic (exact) mass is 467 g/mol. The number of benzene rings is 2. The van der Waals surface area contributed by atoms with Crippen molar-refractivity contribution in [2.75, 3.05) is 0 Å². The summed E-state index contributed by atoms with van der Waals surface area (Å²) >= 11 is 0. The average molecular weight is 468 g/mol. The van der Waals surface area contributed by atoms with E-state index in [0.29, 0.717) is 0 Å². The van der Waals surface area contributed by atoms with Crippen LogP contribution in [0.15, 0.2) is 58.5 Å². The summed E-state index contributed by atoms with van der Waals surface area (Å²) in [6, 6.07) is 17.3. The quantitative estimate of drug-likeness (QED) is 0.245. The summed E-state index contributed by atoms with van der Waals surface area (Å²) in [6.45, 7) is 11.0. The van der Waals surface area contributed by atoms with Crippen molar-refractivity contribution in [1.82, 2.24) is 4.98 Å². The van der Waals surface area contributed by atoms with E-state index >= 15 is 0 Å². The number of hydrogen-bond acceptors (Lipinski definition) is 3. The Morgan fingerprint density at radius 2 is 0.943 bits per heavy atom. The van der Waals surface area contributed by atoms with Crippen LogP contribution in [-0.2, 0) is 25.7 Å². The lowest BCUT2D eigenvalue weighted by Crippen LogP contribution is -1.97. The van der Waals surface area contributed by atoms with Crippen molar-refractivity contribution < 1.29 is 0 Å². The lowest BCUT2D eigenvalue weighted by molar-refractivity contribution is 0.895. The molecule has 0 radical (unpaired) electrons. The number of pyridine rings is 1. The Morgan fingerprint density at radius 3 is 1.26 bits per heavy atom. The van der Waals surface area contributed by atoms with Crippen LogP contribution in [0.1, 0.15) is 92.6 Å². The summed E-state index contributed by atoms with van der Waals surface area (Å²) in [7, 11) is 0. The highest BCUT2D eigenvalue weighted by Crippen LogP contribution is 2.28. The molecule has 3 heteroatoms. The van der Waals surface area contributed by atoms with Crippen LogP contribution in [0.2, 0.25) is 0 Å². The second kappa shape index (κ2) is 13.7. The zero-order valence-electron chi connectivity index (χ0n) is 22.3. The third-order valence-electron chi connectivity index (χ3n) is 6.14. The number of rotatable bonds is 12. The molecule has 184 valence electrons. The molecular formula is C32H41N3. The predicted molar refractivity (Wildman–Crippen MR) is 152 cm³/mol. The van der Waals surface area contributed by atoms with E-state index in [1.165, 1.54) is 22.3 Å². The van der Waals surface area contributed by atoms with E-state index < -0.39 is 0 Å². The van der Waals surface area contributed by atoms with Gasteiger partial charge in [0.1, 0.15) is 0 Å². The molecule has 3 nitrogen and oxygen atoms in total. The van der Waals surface area contributed by atoms with Crippen LogP contribution in [0.25, 0.3) is 0 Å². The molecule has 0 atom stereocenters. The van der Waals surface area contributed by atoms with Crippen LogP contribution in [0.3, 0.4) is 0 Å². The van der Waals surface area contributed by atoms with Gasteiger partial charge in [-0.25, -0.2) is 4.98 Å². The maximum absolute atomic E-state index is 4.96. The fraction of sp³-hybridized carbons (Fsp3) is 0.406. The SMILES string of the molecule is CCCc1cccc(CCC)c1N=Cc1cc(C)cc(C=Nc2c(CCC)cccc2CCC)n1. The minimum atomic E-state index is 0.871. The second-order valence-corrected chi connectivity index (χ2v) is 9.36. The van der Waals surface area contributed by atoms with Crippen molar-refractivity contribution in [2.24, 2.45) is 9.98 Å². The summed E-state index contributed by atoms with van der Waals surface area (Å²) in [4.78, 5) is 14.8. The van der Waals surface area contributed by atoms with Gasteiger partial charge >= 0.3 is 0 Å². The van der Waals surface area contributed by atoms with E-state index in [4.69, 9.17) is 15.0 Å². The Morgan fingerprint density at radius 1 is 0.600 bits per heavy atom. The first-order valence-electron chi connectivity index (χ1n) is 13.4. The molecule has 0 bridgehead atoms. The summed E-state index contributed by atoms with van der Waals surface area (Å²) in [5.74, 6) is 0. The number of para-hydroxylation sites is 2.